The van der Waals surface area contributed by atoms with Crippen molar-refractivity contribution in [1.29, 1.82) is 0 Å². The molecule has 226 valence electrons. The summed E-state index contributed by atoms with van der Waals surface area (Å²) in [6, 6.07) is 13.0. The number of ketones is 1. The van der Waals surface area contributed by atoms with Crippen LogP contribution >= 0.6 is 11.6 Å². The third-order valence-electron chi connectivity index (χ3n) is 7.39. The number of nitrogens with zero attached hydrogens (tertiary/aromatic N) is 1. The van der Waals surface area contributed by atoms with E-state index in [-0.39, 0.29) is 28.0 Å². The van der Waals surface area contributed by atoms with Crippen LogP contribution in [0.2, 0.25) is 5.02 Å². The highest BCUT2D eigenvalue weighted by Gasteiger charge is 2.60. The van der Waals surface area contributed by atoms with Gasteiger partial charge in [-0.3, -0.25) is 4.79 Å². The van der Waals surface area contributed by atoms with Crippen molar-refractivity contribution in [2.75, 3.05) is 5.32 Å². The number of alkyl halides is 9. The summed E-state index contributed by atoms with van der Waals surface area (Å²) >= 11 is 5.89. The number of aliphatic hydroxyl groups is 1. The molecule has 0 aliphatic carbocycles. The number of benzene rings is 4. The fraction of sp³-hybridized carbons (Fsp3) is 0.133. The van der Waals surface area contributed by atoms with Crippen LogP contribution in [0, 0.1) is 0 Å². The molecule has 1 aliphatic rings. The number of hydrogen-bond acceptors (Lipinski definition) is 4. The fourth-order valence-corrected chi connectivity index (χ4v) is 5.63. The van der Waals surface area contributed by atoms with E-state index in [0.29, 0.717) is 6.07 Å². The van der Waals surface area contributed by atoms with Gasteiger partial charge in [0, 0.05) is 49.1 Å². The second-order valence-electron chi connectivity index (χ2n) is 10.00. The van der Waals surface area contributed by atoms with Crippen LogP contribution in [0.3, 0.4) is 0 Å². The number of pyridine rings is 1. The molecule has 14 heteroatoms. The molecule has 0 radical (unpaired) electrons. The number of carbonyl (C=O) groups excluding carboxylic acids is 1. The number of anilines is 2. The van der Waals surface area contributed by atoms with Crippen LogP contribution in [0.1, 0.15) is 27.0 Å². The maximum absolute atomic E-state index is 14.7. The van der Waals surface area contributed by atoms with Crippen LogP contribution in [-0.2, 0) is 11.8 Å². The molecule has 0 amide bonds. The highest BCUT2D eigenvalue weighted by Crippen LogP contribution is 2.56. The molecule has 44 heavy (non-hydrogen) atoms. The number of nitrogens with one attached hydrogen (secondary N) is 1. The molecule has 1 unspecified atom stereocenters. The van der Waals surface area contributed by atoms with E-state index in [1.54, 1.807) is 6.07 Å². The second kappa shape index (κ2) is 9.57. The lowest BCUT2D eigenvalue weighted by molar-refractivity contribution is -0.248. The van der Waals surface area contributed by atoms with Crippen LogP contribution in [-0.4, -0.2) is 28.2 Å². The van der Waals surface area contributed by atoms with E-state index in [2.05, 4.69) is 10.3 Å². The summed E-state index contributed by atoms with van der Waals surface area (Å²) in [5, 5.41) is 11.7. The summed E-state index contributed by atoms with van der Waals surface area (Å²) < 4.78 is 129. The number of fused-ring (bicyclic) bond motifs is 6. The third kappa shape index (κ3) is 4.44. The summed E-state index contributed by atoms with van der Waals surface area (Å²) in [5.41, 5.74) is -10.6. The number of Topliss-reactive ketones (excluding diaryl/α,β-unsaturated/α-hetero) is 1. The summed E-state index contributed by atoms with van der Waals surface area (Å²) in [4.78, 5) is 17.0. The van der Waals surface area contributed by atoms with Crippen LogP contribution in [0.25, 0.3) is 32.9 Å². The van der Waals surface area contributed by atoms with Gasteiger partial charge in [0.2, 0.25) is 5.60 Å². The van der Waals surface area contributed by atoms with Crippen molar-refractivity contribution in [2.45, 2.75) is 24.1 Å². The summed E-state index contributed by atoms with van der Waals surface area (Å²) in [7, 11) is 0. The molecule has 1 aromatic heterocycles. The number of aromatic nitrogens is 1. The van der Waals surface area contributed by atoms with Crippen LogP contribution in [0.15, 0.2) is 72.8 Å². The minimum Gasteiger partial charge on any atom is -0.372 e. The molecule has 4 nitrogen and oxygen atoms in total. The molecule has 0 fully saturated rings. The Kier molecular flexibility index (Phi) is 6.46. The van der Waals surface area contributed by atoms with Crippen LogP contribution in [0.5, 0.6) is 0 Å². The van der Waals surface area contributed by atoms with Gasteiger partial charge in [0.1, 0.15) is 0 Å². The molecular formula is C30H14ClF9N2O2. The molecule has 0 saturated heterocycles. The van der Waals surface area contributed by atoms with E-state index in [9.17, 15) is 49.4 Å². The van der Waals surface area contributed by atoms with Crippen molar-refractivity contribution in [3.8, 4) is 11.3 Å². The van der Waals surface area contributed by atoms with Crippen LogP contribution < -0.4 is 5.32 Å². The Morgan fingerprint density at radius 3 is 2.09 bits per heavy atom. The van der Waals surface area contributed by atoms with E-state index in [1.807, 2.05) is 0 Å². The van der Waals surface area contributed by atoms with Crippen molar-refractivity contribution >= 4 is 50.4 Å². The average Bonchev–Trinajstić information content (AvgIpc) is 2.95. The van der Waals surface area contributed by atoms with E-state index in [0.717, 1.165) is 24.3 Å². The summed E-state index contributed by atoms with van der Waals surface area (Å²) in [6.07, 6.45) is -16.3. The van der Waals surface area contributed by atoms with Gasteiger partial charge in [0.05, 0.1) is 22.5 Å². The Balaban J connectivity index is 1.83. The molecule has 2 heterocycles. The average molecular weight is 641 g/mol. The highest BCUT2D eigenvalue weighted by molar-refractivity contribution is 6.31. The minimum absolute atomic E-state index is 0.147. The van der Waals surface area contributed by atoms with Gasteiger partial charge in [-0.15, -0.1) is 0 Å². The Hall–Kier alpha value is -4.36. The van der Waals surface area contributed by atoms with Crippen LogP contribution in [0.4, 0.5) is 50.9 Å². The minimum atomic E-state index is -5.67. The van der Waals surface area contributed by atoms with Crippen molar-refractivity contribution in [3.63, 3.8) is 0 Å². The third-order valence-corrected chi connectivity index (χ3v) is 7.62. The van der Waals surface area contributed by atoms with Gasteiger partial charge in [0.15, 0.2) is 0 Å². The van der Waals surface area contributed by atoms with E-state index in [4.69, 9.17) is 11.6 Å². The van der Waals surface area contributed by atoms with Crippen molar-refractivity contribution in [2.24, 2.45) is 0 Å². The van der Waals surface area contributed by atoms with Crippen molar-refractivity contribution < 1.29 is 49.4 Å². The van der Waals surface area contributed by atoms with E-state index < -0.39 is 79.5 Å². The van der Waals surface area contributed by atoms with E-state index >= 15 is 0 Å². The predicted molar refractivity (Wildman–Crippen MR) is 144 cm³/mol. The zero-order chi connectivity index (χ0) is 32.0. The molecule has 5 aromatic rings. The highest BCUT2D eigenvalue weighted by atomic mass is 35.5. The summed E-state index contributed by atoms with van der Waals surface area (Å²) in [6.45, 7) is 0. The lowest BCUT2D eigenvalue weighted by atomic mass is 9.78. The van der Waals surface area contributed by atoms with Gasteiger partial charge in [0.25, 0.3) is 5.78 Å². The first-order chi connectivity index (χ1) is 20.4. The molecule has 1 atom stereocenters. The summed E-state index contributed by atoms with van der Waals surface area (Å²) in [5.74, 6) is -2.65. The van der Waals surface area contributed by atoms with Gasteiger partial charge in [-0.05, 0) is 30.3 Å². The molecule has 0 saturated carbocycles. The topological polar surface area (TPSA) is 62.2 Å². The van der Waals surface area contributed by atoms with Crippen molar-refractivity contribution in [3.05, 3.63) is 100 Å². The first-order valence-electron chi connectivity index (χ1n) is 12.5. The van der Waals surface area contributed by atoms with Gasteiger partial charge < -0.3 is 10.4 Å². The second-order valence-corrected chi connectivity index (χ2v) is 10.4. The quantitative estimate of drug-likeness (QED) is 0.115. The number of carbonyl (C=O) groups is 1. The van der Waals surface area contributed by atoms with E-state index in [1.165, 1.54) is 30.3 Å². The largest absolute Gasteiger partial charge is 0.454 e. The Labute approximate surface area is 245 Å². The van der Waals surface area contributed by atoms with Gasteiger partial charge in [-0.2, -0.15) is 39.5 Å². The van der Waals surface area contributed by atoms with Gasteiger partial charge >= 0.3 is 18.5 Å². The zero-order valence-electron chi connectivity index (χ0n) is 21.5. The molecule has 2 N–H and O–H groups in total. The van der Waals surface area contributed by atoms with Gasteiger partial charge in [-0.1, -0.05) is 54.1 Å². The predicted octanol–water partition coefficient (Wildman–Crippen LogP) is 9.33. The first-order valence-corrected chi connectivity index (χ1v) is 12.9. The zero-order valence-corrected chi connectivity index (χ0v) is 22.3. The number of halogens is 10. The SMILES string of the molecule is O=C(c1cc2c(c3ccc4c(C(F)(F)F)cc(-c5ccccc5)nc4c13)Nc1ccc(Cl)cc1C2(O)C(F)(F)F)C(F)(F)F. The Morgan fingerprint density at radius 1 is 0.818 bits per heavy atom. The maximum atomic E-state index is 14.7. The molecule has 6 rings (SSSR count). The Bertz CT molecular complexity index is 2010. The first kappa shape index (κ1) is 29.7. The molecule has 4 aromatic carbocycles. The number of rotatable bonds is 2. The lowest BCUT2D eigenvalue weighted by Gasteiger charge is -2.39. The van der Waals surface area contributed by atoms with Gasteiger partial charge in [-0.25, -0.2) is 4.98 Å². The molecule has 1 aliphatic heterocycles. The molecule has 0 bridgehead atoms. The maximum Gasteiger partial charge on any atom is 0.454 e. The normalized spacial score (nSPS) is 16.9. The number of hydrogen-bond donors (Lipinski definition) is 2. The fourth-order valence-electron chi connectivity index (χ4n) is 5.46. The van der Waals surface area contributed by atoms with Crippen molar-refractivity contribution in [1.82, 2.24) is 4.98 Å². The monoisotopic (exact) mass is 640 g/mol. The standard InChI is InChI=1S/C30H14ClF9N2O2/c31-14-6-9-21-19(10-14)27(44,30(38,39)40)20-11-17(26(43)29(35,36)37)23-16(24(20)41-21)8-7-15-18(28(32,33)34)12-22(42-25(15)23)13-4-2-1-3-5-13/h1-12,41,44H. The molecule has 0 spiro atoms. The molecular weight excluding hydrogens is 627 g/mol. The smallest absolute Gasteiger partial charge is 0.372 e. The Morgan fingerprint density at radius 2 is 1.48 bits per heavy atom. The lowest BCUT2D eigenvalue weighted by Crippen LogP contribution is -2.46.